The van der Waals surface area contributed by atoms with E-state index in [9.17, 15) is 4.79 Å². The van der Waals surface area contributed by atoms with E-state index in [-0.39, 0.29) is 5.91 Å². The van der Waals surface area contributed by atoms with Gasteiger partial charge in [-0.25, -0.2) is 0 Å². The highest BCUT2D eigenvalue weighted by Crippen LogP contribution is 2.09. The van der Waals surface area contributed by atoms with E-state index in [4.69, 9.17) is 5.73 Å². The van der Waals surface area contributed by atoms with Crippen LogP contribution in [0, 0.1) is 5.92 Å². The van der Waals surface area contributed by atoms with Crippen LogP contribution in [0.1, 0.15) is 25.8 Å². The van der Waals surface area contributed by atoms with E-state index in [1.807, 2.05) is 24.3 Å². The average molecular weight is 249 g/mol. The summed E-state index contributed by atoms with van der Waals surface area (Å²) in [5.41, 5.74) is 7.68. The molecule has 0 fully saturated rings. The van der Waals surface area contributed by atoms with Gasteiger partial charge in [0.05, 0.1) is 0 Å². The quantitative estimate of drug-likeness (QED) is 0.507. The largest absolute Gasteiger partial charge is 0.398 e. The fourth-order valence-corrected chi connectivity index (χ4v) is 1.53. The van der Waals surface area contributed by atoms with Crippen LogP contribution >= 0.6 is 0 Å². The molecular formula is C14H23N3O. The molecule has 4 nitrogen and oxygen atoms in total. The Kier molecular flexibility index (Phi) is 6.22. The monoisotopic (exact) mass is 249 g/mol. The van der Waals surface area contributed by atoms with Crippen LogP contribution in [0.4, 0.5) is 5.69 Å². The van der Waals surface area contributed by atoms with Crippen molar-refractivity contribution < 1.29 is 4.79 Å². The third-order valence-corrected chi connectivity index (χ3v) is 2.61. The first kappa shape index (κ1) is 14.5. The maximum atomic E-state index is 11.4. The molecule has 0 spiro atoms. The molecule has 0 aliphatic carbocycles. The summed E-state index contributed by atoms with van der Waals surface area (Å²) < 4.78 is 0. The van der Waals surface area contributed by atoms with Gasteiger partial charge in [-0.15, -0.1) is 0 Å². The zero-order chi connectivity index (χ0) is 13.4. The number of carbonyl (C=O) groups excluding carboxylic acids is 1. The maximum absolute atomic E-state index is 11.4. The zero-order valence-electron chi connectivity index (χ0n) is 11.2. The molecule has 1 aromatic rings. The lowest BCUT2D eigenvalue weighted by Gasteiger charge is -2.09. The van der Waals surface area contributed by atoms with Gasteiger partial charge in [-0.2, -0.15) is 0 Å². The summed E-state index contributed by atoms with van der Waals surface area (Å²) in [6.45, 7) is 6.26. The molecule has 0 unspecified atom stereocenters. The van der Waals surface area contributed by atoms with Crippen LogP contribution in [-0.4, -0.2) is 19.0 Å². The van der Waals surface area contributed by atoms with Crippen LogP contribution in [-0.2, 0) is 11.3 Å². The minimum atomic E-state index is 0.0947. The number of anilines is 1. The lowest BCUT2D eigenvalue weighted by atomic mass is 10.2. The van der Waals surface area contributed by atoms with Gasteiger partial charge in [-0.1, -0.05) is 32.0 Å². The number of rotatable bonds is 7. The molecule has 18 heavy (non-hydrogen) atoms. The first-order valence-electron chi connectivity index (χ1n) is 6.40. The fraction of sp³-hybridized carbons (Fsp3) is 0.500. The number of carbonyl (C=O) groups is 1. The summed E-state index contributed by atoms with van der Waals surface area (Å²) in [6.07, 6.45) is 0.499. The molecule has 0 aliphatic heterocycles. The van der Waals surface area contributed by atoms with Crippen molar-refractivity contribution in [3.05, 3.63) is 29.8 Å². The fourth-order valence-electron chi connectivity index (χ4n) is 1.53. The third-order valence-electron chi connectivity index (χ3n) is 2.61. The number of nitrogens with one attached hydrogen (secondary N) is 2. The van der Waals surface area contributed by atoms with Crippen molar-refractivity contribution in [2.24, 2.45) is 5.92 Å². The van der Waals surface area contributed by atoms with E-state index in [1.165, 1.54) is 0 Å². The number of hydrogen-bond acceptors (Lipinski definition) is 3. The highest BCUT2D eigenvalue weighted by Gasteiger charge is 2.02. The Balaban J connectivity index is 2.15. The van der Waals surface area contributed by atoms with Crippen LogP contribution < -0.4 is 16.4 Å². The van der Waals surface area contributed by atoms with Crippen molar-refractivity contribution in [3.63, 3.8) is 0 Å². The summed E-state index contributed by atoms with van der Waals surface area (Å²) >= 11 is 0. The number of nitrogen functional groups attached to an aromatic ring is 1. The smallest absolute Gasteiger partial charge is 0.221 e. The second kappa shape index (κ2) is 7.71. The maximum Gasteiger partial charge on any atom is 0.221 e. The molecule has 0 saturated heterocycles. The Hall–Kier alpha value is -1.55. The highest BCUT2D eigenvalue weighted by atomic mass is 16.1. The van der Waals surface area contributed by atoms with Gasteiger partial charge < -0.3 is 16.4 Å². The lowest BCUT2D eigenvalue weighted by Crippen LogP contribution is -2.30. The van der Waals surface area contributed by atoms with Gasteiger partial charge in [0.2, 0.25) is 5.91 Å². The highest BCUT2D eigenvalue weighted by molar-refractivity contribution is 5.76. The Morgan fingerprint density at radius 1 is 1.33 bits per heavy atom. The SMILES string of the molecule is CC(C)CNC(=O)CCNCc1ccccc1N. The molecule has 0 aliphatic rings. The number of benzene rings is 1. The van der Waals surface area contributed by atoms with Gasteiger partial charge in [0.25, 0.3) is 0 Å². The standard InChI is InChI=1S/C14H23N3O/c1-11(2)9-17-14(18)7-8-16-10-12-5-3-4-6-13(12)15/h3-6,11,16H,7-10,15H2,1-2H3,(H,17,18). The van der Waals surface area contributed by atoms with Crippen molar-refractivity contribution in [1.82, 2.24) is 10.6 Å². The first-order chi connectivity index (χ1) is 8.59. The minimum Gasteiger partial charge on any atom is -0.398 e. The van der Waals surface area contributed by atoms with Gasteiger partial charge in [-0.3, -0.25) is 4.79 Å². The summed E-state index contributed by atoms with van der Waals surface area (Å²) in [5, 5.41) is 6.11. The summed E-state index contributed by atoms with van der Waals surface area (Å²) in [4.78, 5) is 11.4. The molecule has 1 aromatic carbocycles. The molecule has 1 amide bonds. The lowest BCUT2D eigenvalue weighted by molar-refractivity contribution is -0.121. The van der Waals surface area contributed by atoms with Crippen molar-refractivity contribution in [1.29, 1.82) is 0 Å². The second-order valence-electron chi connectivity index (χ2n) is 4.82. The number of hydrogen-bond donors (Lipinski definition) is 3. The van der Waals surface area contributed by atoms with E-state index in [0.717, 1.165) is 17.8 Å². The van der Waals surface area contributed by atoms with Crippen LogP contribution in [0.3, 0.4) is 0 Å². The minimum absolute atomic E-state index is 0.0947. The van der Waals surface area contributed by atoms with Crippen molar-refractivity contribution in [2.75, 3.05) is 18.8 Å². The number of amides is 1. The first-order valence-corrected chi connectivity index (χ1v) is 6.40. The van der Waals surface area contributed by atoms with E-state index in [0.29, 0.717) is 25.4 Å². The molecule has 0 bridgehead atoms. The Morgan fingerprint density at radius 2 is 2.06 bits per heavy atom. The van der Waals surface area contributed by atoms with Crippen LogP contribution in [0.5, 0.6) is 0 Å². The molecule has 100 valence electrons. The Bertz CT molecular complexity index is 377. The van der Waals surface area contributed by atoms with E-state index >= 15 is 0 Å². The Labute approximate surface area is 109 Å². The molecule has 4 N–H and O–H groups in total. The summed E-state index contributed by atoms with van der Waals surface area (Å²) in [5.74, 6) is 0.586. The third kappa shape index (κ3) is 5.68. The predicted octanol–water partition coefficient (Wildman–Crippen LogP) is 1.52. The topological polar surface area (TPSA) is 67.2 Å². The molecular weight excluding hydrogens is 226 g/mol. The predicted molar refractivity (Wildman–Crippen MR) is 75.0 cm³/mol. The molecule has 0 heterocycles. The molecule has 0 aromatic heterocycles. The molecule has 0 atom stereocenters. The molecule has 4 heteroatoms. The van der Waals surface area contributed by atoms with Crippen LogP contribution in [0.25, 0.3) is 0 Å². The molecule has 0 saturated carbocycles. The van der Waals surface area contributed by atoms with Crippen molar-refractivity contribution >= 4 is 11.6 Å². The van der Waals surface area contributed by atoms with Gasteiger partial charge in [-0.05, 0) is 17.5 Å². The van der Waals surface area contributed by atoms with Gasteiger partial charge in [0.1, 0.15) is 0 Å². The van der Waals surface area contributed by atoms with E-state index in [2.05, 4.69) is 24.5 Å². The van der Waals surface area contributed by atoms with Crippen molar-refractivity contribution in [3.8, 4) is 0 Å². The van der Waals surface area contributed by atoms with Crippen LogP contribution in [0.15, 0.2) is 24.3 Å². The van der Waals surface area contributed by atoms with E-state index in [1.54, 1.807) is 0 Å². The zero-order valence-corrected chi connectivity index (χ0v) is 11.2. The molecule has 1 rings (SSSR count). The van der Waals surface area contributed by atoms with Gasteiger partial charge in [0.15, 0.2) is 0 Å². The van der Waals surface area contributed by atoms with Crippen molar-refractivity contribution in [2.45, 2.75) is 26.8 Å². The summed E-state index contributed by atoms with van der Waals surface area (Å²) in [6, 6.07) is 7.74. The van der Waals surface area contributed by atoms with Gasteiger partial charge >= 0.3 is 0 Å². The van der Waals surface area contributed by atoms with Crippen LogP contribution in [0.2, 0.25) is 0 Å². The average Bonchev–Trinajstić information content (AvgIpc) is 2.34. The second-order valence-corrected chi connectivity index (χ2v) is 4.82. The normalized spacial score (nSPS) is 10.6. The number of para-hydroxylation sites is 1. The summed E-state index contributed by atoms with van der Waals surface area (Å²) in [7, 11) is 0. The molecule has 0 radical (unpaired) electrons. The Morgan fingerprint density at radius 3 is 2.72 bits per heavy atom. The number of nitrogens with two attached hydrogens (primary N) is 1. The van der Waals surface area contributed by atoms with Gasteiger partial charge in [0, 0.05) is 31.7 Å². The van der Waals surface area contributed by atoms with E-state index < -0.39 is 0 Å².